The van der Waals surface area contributed by atoms with Crippen LogP contribution >= 0.6 is 11.3 Å². The summed E-state index contributed by atoms with van der Waals surface area (Å²) in [6.45, 7) is 9.77. The van der Waals surface area contributed by atoms with Crippen LogP contribution in [-0.2, 0) is 11.3 Å². The van der Waals surface area contributed by atoms with Crippen molar-refractivity contribution < 1.29 is 4.79 Å². The molecule has 1 aromatic rings. The van der Waals surface area contributed by atoms with E-state index in [1.807, 2.05) is 0 Å². The zero-order chi connectivity index (χ0) is 14.5. The van der Waals surface area contributed by atoms with Gasteiger partial charge in [0.15, 0.2) is 0 Å². The predicted molar refractivity (Wildman–Crippen MR) is 84.8 cm³/mol. The largest absolute Gasteiger partial charge is 0.338 e. The van der Waals surface area contributed by atoms with Crippen molar-refractivity contribution in [3.8, 4) is 0 Å². The van der Waals surface area contributed by atoms with Crippen molar-refractivity contribution in [3.05, 3.63) is 22.4 Å². The Hall–Kier alpha value is -0.870. The molecule has 0 atom stereocenters. The summed E-state index contributed by atoms with van der Waals surface area (Å²) in [6.07, 6.45) is 2.38. The van der Waals surface area contributed by atoms with E-state index in [0.29, 0.717) is 24.4 Å². The fraction of sp³-hybridized carbons (Fsp3) is 0.688. The molecule has 0 spiro atoms. The van der Waals surface area contributed by atoms with Crippen LogP contribution in [0.1, 0.15) is 38.5 Å². The first-order valence-corrected chi connectivity index (χ1v) is 8.52. The fourth-order valence-corrected chi connectivity index (χ4v) is 3.16. The maximum atomic E-state index is 12.5. The number of carbonyl (C=O) groups is 1. The van der Waals surface area contributed by atoms with Gasteiger partial charge in [0.25, 0.3) is 0 Å². The Balaban J connectivity index is 1.89. The molecule has 0 saturated heterocycles. The smallest absolute Gasteiger partial charge is 0.237 e. The molecule has 112 valence electrons. The normalized spacial score (nSPS) is 15.1. The van der Waals surface area contributed by atoms with Crippen molar-refractivity contribution in [3.63, 3.8) is 0 Å². The van der Waals surface area contributed by atoms with Gasteiger partial charge in [-0.3, -0.25) is 9.69 Å². The Labute approximate surface area is 126 Å². The number of nitrogens with zero attached hydrogens (tertiary/aromatic N) is 2. The molecule has 0 N–H and O–H groups in total. The Bertz CT molecular complexity index is 412. The molecule has 1 aromatic heterocycles. The van der Waals surface area contributed by atoms with Crippen LogP contribution in [-0.4, -0.2) is 41.4 Å². The van der Waals surface area contributed by atoms with Gasteiger partial charge in [-0.05, 0) is 36.8 Å². The molecule has 4 heteroatoms. The molecule has 3 nitrogen and oxygen atoms in total. The maximum Gasteiger partial charge on any atom is 0.237 e. The van der Waals surface area contributed by atoms with E-state index >= 15 is 0 Å². The van der Waals surface area contributed by atoms with Gasteiger partial charge in [0.1, 0.15) is 0 Å². The number of hydrogen-bond acceptors (Lipinski definition) is 3. The quantitative estimate of drug-likeness (QED) is 0.735. The third-order valence-corrected chi connectivity index (χ3v) is 4.50. The highest BCUT2D eigenvalue weighted by atomic mass is 32.1. The second-order valence-corrected chi connectivity index (χ2v) is 7.09. The topological polar surface area (TPSA) is 23.6 Å². The highest BCUT2D eigenvalue weighted by molar-refractivity contribution is 7.09. The van der Waals surface area contributed by atoms with Crippen LogP contribution in [0.4, 0.5) is 0 Å². The second-order valence-electron chi connectivity index (χ2n) is 6.05. The molecule has 0 aromatic carbocycles. The van der Waals surface area contributed by atoms with Gasteiger partial charge in [0.2, 0.25) is 5.91 Å². The Morgan fingerprint density at radius 2 is 2.20 bits per heavy atom. The van der Waals surface area contributed by atoms with Crippen LogP contribution in [0.3, 0.4) is 0 Å². The summed E-state index contributed by atoms with van der Waals surface area (Å²) in [5.41, 5.74) is 0. The minimum atomic E-state index is 0.305. The van der Waals surface area contributed by atoms with Gasteiger partial charge in [0.05, 0.1) is 6.54 Å². The average molecular weight is 294 g/mol. The van der Waals surface area contributed by atoms with Crippen molar-refractivity contribution in [2.24, 2.45) is 5.92 Å². The van der Waals surface area contributed by atoms with Crippen molar-refractivity contribution in [1.29, 1.82) is 0 Å². The van der Waals surface area contributed by atoms with Gasteiger partial charge in [-0.2, -0.15) is 0 Å². The van der Waals surface area contributed by atoms with Gasteiger partial charge >= 0.3 is 0 Å². The average Bonchev–Trinajstić information content (AvgIpc) is 3.12. The minimum Gasteiger partial charge on any atom is -0.338 e. The van der Waals surface area contributed by atoms with Crippen molar-refractivity contribution in [2.45, 2.75) is 46.2 Å². The lowest BCUT2D eigenvalue weighted by Gasteiger charge is -2.28. The molecule has 20 heavy (non-hydrogen) atoms. The van der Waals surface area contributed by atoms with E-state index in [0.717, 1.165) is 19.6 Å². The van der Waals surface area contributed by atoms with Crippen LogP contribution in [0.25, 0.3) is 0 Å². The summed E-state index contributed by atoms with van der Waals surface area (Å²) in [7, 11) is 0. The van der Waals surface area contributed by atoms with Crippen LogP contribution < -0.4 is 0 Å². The SMILES string of the molecule is CCN(CC(=O)N(CC(C)C)C1CC1)Cc1cccs1. The Morgan fingerprint density at radius 3 is 2.70 bits per heavy atom. The molecule has 1 amide bonds. The predicted octanol–water partition coefficient (Wildman–Crippen LogP) is 3.22. The summed E-state index contributed by atoms with van der Waals surface area (Å²) in [5.74, 6) is 0.853. The van der Waals surface area contributed by atoms with Crippen LogP contribution in [0.15, 0.2) is 17.5 Å². The highest BCUT2D eigenvalue weighted by Crippen LogP contribution is 2.27. The standard InChI is InChI=1S/C16H26N2OS/c1-4-17(11-15-6-5-9-20-15)12-16(19)18(10-13(2)3)14-7-8-14/h5-6,9,13-14H,4,7-8,10-12H2,1-3H3. The van der Waals surface area contributed by atoms with Crippen LogP contribution in [0.2, 0.25) is 0 Å². The molecule has 0 unspecified atom stereocenters. The molecule has 2 rings (SSSR count). The number of amides is 1. The van der Waals surface area contributed by atoms with E-state index in [1.54, 1.807) is 11.3 Å². The monoisotopic (exact) mass is 294 g/mol. The van der Waals surface area contributed by atoms with E-state index in [-0.39, 0.29) is 0 Å². The van der Waals surface area contributed by atoms with Gasteiger partial charge in [-0.25, -0.2) is 0 Å². The lowest BCUT2D eigenvalue weighted by molar-refractivity contribution is -0.133. The molecule has 0 aliphatic heterocycles. The zero-order valence-electron chi connectivity index (χ0n) is 12.8. The summed E-state index contributed by atoms with van der Waals surface area (Å²) >= 11 is 1.76. The Morgan fingerprint density at radius 1 is 1.45 bits per heavy atom. The molecule has 0 bridgehead atoms. The lowest BCUT2D eigenvalue weighted by Crippen LogP contribution is -2.42. The van der Waals surface area contributed by atoms with E-state index in [2.05, 4.69) is 48.1 Å². The van der Waals surface area contributed by atoms with E-state index in [9.17, 15) is 4.79 Å². The number of thiophene rings is 1. The molecular weight excluding hydrogens is 268 g/mol. The first-order chi connectivity index (χ1) is 9.60. The van der Waals surface area contributed by atoms with E-state index in [1.165, 1.54) is 17.7 Å². The van der Waals surface area contributed by atoms with Crippen molar-refractivity contribution >= 4 is 17.2 Å². The third kappa shape index (κ3) is 4.60. The van der Waals surface area contributed by atoms with Crippen LogP contribution in [0.5, 0.6) is 0 Å². The molecular formula is C16H26N2OS. The number of hydrogen-bond donors (Lipinski definition) is 0. The van der Waals surface area contributed by atoms with Crippen molar-refractivity contribution in [1.82, 2.24) is 9.80 Å². The zero-order valence-corrected chi connectivity index (χ0v) is 13.7. The summed E-state index contributed by atoms with van der Waals surface area (Å²) in [4.78, 5) is 18.2. The minimum absolute atomic E-state index is 0.305. The number of likely N-dealkylation sites (N-methyl/N-ethyl adjacent to an activating group) is 1. The molecule has 1 aliphatic rings. The third-order valence-electron chi connectivity index (χ3n) is 3.64. The Kier molecular flexibility index (Phi) is 5.61. The van der Waals surface area contributed by atoms with Gasteiger partial charge in [0, 0.05) is 24.0 Å². The van der Waals surface area contributed by atoms with Crippen LogP contribution in [0, 0.1) is 5.92 Å². The first kappa shape index (κ1) is 15.5. The highest BCUT2D eigenvalue weighted by Gasteiger charge is 2.33. The molecule has 1 fully saturated rings. The number of carbonyl (C=O) groups excluding carboxylic acids is 1. The van der Waals surface area contributed by atoms with E-state index in [4.69, 9.17) is 0 Å². The molecule has 1 heterocycles. The van der Waals surface area contributed by atoms with Gasteiger partial charge in [-0.1, -0.05) is 26.8 Å². The fourth-order valence-electron chi connectivity index (χ4n) is 2.42. The maximum absolute atomic E-state index is 12.5. The van der Waals surface area contributed by atoms with Gasteiger partial charge in [-0.15, -0.1) is 11.3 Å². The van der Waals surface area contributed by atoms with E-state index < -0.39 is 0 Å². The molecule has 0 radical (unpaired) electrons. The molecule has 1 saturated carbocycles. The molecule has 1 aliphatic carbocycles. The number of rotatable bonds is 8. The van der Waals surface area contributed by atoms with Crippen molar-refractivity contribution in [2.75, 3.05) is 19.6 Å². The first-order valence-electron chi connectivity index (χ1n) is 7.64. The summed E-state index contributed by atoms with van der Waals surface area (Å²) < 4.78 is 0. The lowest BCUT2D eigenvalue weighted by atomic mass is 10.2. The summed E-state index contributed by atoms with van der Waals surface area (Å²) in [5, 5.41) is 2.10. The summed E-state index contributed by atoms with van der Waals surface area (Å²) in [6, 6.07) is 4.74. The second kappa shape index (κ2) is 7.23. The van der Waals surface area contributed by atoms with Gasteiger partial charge < -0.3 is 4.90 Å².